The van der Waals surface area contributed by atoms with Crippen LogP contribution in [0.25, 0.3) is 11.1 Å². The van der Waals surface area contributed by atoms with Gasteiger partial charge >= 0.3 is 105 Å². The second-order valence-electron chi connectivity index (χ2n) is 4.82. The van der Waals surface area contributed by atoms with Gasteiger partial charge in [-0.2, -0.15) is 6.08 Å². The number of benzene rings is 2. The first-order valence-electron chi connectivity index (χ1n) is 6.82. The topological polar surface area (TPSA) is 0 Å². The Hall–Kier alpha value is -0.747. The van der Waals surface area contributed by atoms with Gasteiger partial charge < -0.3 is 24.8 Å². The number of hydrogen-bond donors (Lipinski definition) is 0. The molecule has 2 aromatic rings. The summed E-state index contributed by atoms with van der Waals surface area (Å²) in [5, 5.41) is 0. The number of allylic oxidation sites excluding steroid dienone is 4. The van der Waals surface area contributed by atoms with Gasteiger partial charge in [0, 0.05) is 0 Å². The summed E-state index contributed by atoms with van der Waals surface area (Å²) in [6, 6.07) is 17.5. The molecule has 22 heavy (non-hydrogen) atoms. The molecule has 0 N–H and O–H groups in total. The summed E-state index contributed by atoms with van der Waals surface area (Å²) < 4.78 is 2.37. The maximum absolute atomic E-state index is 2.99. The molecule has 0 nitrogen and oxygen atoms in total. The molecule has 0 saturated heterocycles. The van der Waals surface area contributed by atoms with E-state index in [1.807, 2.05) is 12.2 Å². The first-order valence-corrected chi connectivity index (χ1v) is 8.24. The maximum atomic E-state index is 2.99. The van der Waals surface area contributed by atoms with Crippen LogP contribution in [0, 0.1) is 6.08 Å². The van der Waals surface area contributed by atoms with Crippen molar-refractivity contribution in [3.8, 4) is 11.1 Å². The molecule has 0 fully saturated rings. The fourth-order valence-corrected chi connectivity index (χ4v) is 3.60. The second-order valence-corrected chi connectivity index (χ2v) is 5.64. The van der Waals surface area contributed by atoms with Gasteiger partial charge in [0.15, 0.2) is 0 Å². The van der Waals surface area contributed by atoms with Gasteiger partial charge in [-0.05, 0) is 0 Å². The Kier molecular flexibility index (Phi) is 8.25. The first-order chi connectivity index (χ1) is 9.92. The molecule has 0 aromatic heterocycles. The average Bonchev–Trinajstić information content (AvgIpc) is 3.17. The summed E-state index contributed by atoms with van der Waals surface area (Å²) in [5.74, 6) is 0.524. The van der Waals surface area contributed by atoms with Crippen molar-refractivity contribution in [1.82, 2.24) is 0 Å². The average molecular weight is 405 g/mol. The summed E-state index contributed by atoms with van der Waals surface area (Å²) >= 11 is 1.50. The minimum absolute atomic E-state index is 0. The van der Waals surface area contributed by atoms with E-state index >= 15 is 0 Å². The molecule has 0 atom stereocenters. The zero-order valence-electron chi connectivity index (χ0n) is 12.0. The van der Waals surface area contributed by atoms with Crippen LogP contribution in [0.4, 0.5) is 0 Å². The quantitative estimate of drug-likeness (QED) is 0.505. The van der Waals surface area contributed by atoms with E-state index < -0.39 is 0 Å². The Morgan fingerprint density at radius 2 is 1.45 bits per heavy atom. The Morgan fingerprint density at radius 3 is 1.82 bits per heavy atom. The third-order valence-electron chi connectivity index (χ3n) is 3.63. The fourth-order valence-electron chi connectivity index (χ4n) is 2.71. The van der Waals surface area contributed by atoms with Gasteiger partial charge in [-0.1, -0.05) is 0 Å². The molecule has 0 unspecified atom stereocenters. The molecule has 110 valence electrons. The molecule has 0 aliphatic heterocycles. The van der Waals surface area contributed by atoms with Gasteiger partial charge in [0.2, 0.25) is 0 Å². The van der Waals surface area contributed by atoms with Gasteiger partial charge in [0.1, 0.15) is 0 Å². The molecule has 0 spiro atoms. The molecule has 0 radical (unpaired) electrons. The summed E-state index contributed by atoms with van der Waals surface area (Å²) in [4.78, 5) is 0. The van der Waals surface area contributed by atoms with E-state index in [0.29, 0.717) is 5.92 Å². The Labute approximate surface area is 159 Å². The van der Waals surface area contributed by atoms with Crippen molar-refractivity contribution in [1.29, 1.82) is 0 Å². The molecular weight excluding hydrogens is 390 g/mol. The Balaban J connectivity index is 0.000000299. The minimum atomic E-state index is 0. The molecule has 2 aromatic carbocycles. The summed E-state index contributed by atoms with van der Waals surface area (Å²) in [5.41, 5.74) is 5.76. The molecule has 2 aliphatic carbocycles. The molecule has 3 heteroatoms. The van der Waals surface area contributed by atoms with Crippen molar-refractivity contribution in [3.05, 3.63) is 84.0 Å². The number of fused-ring (bicyclic) bond motifs is 3. The predicted octanol–water partition coefficient (Wildman–Crippen LogP) is -1.54. The van der Waals surface area contributed by atoms with Crippen molar-refractivity contribution in [2.24, 2.45) is 0 Å². The van der Waals surface area contributed by atoms with Gasteiger partial charge in [-0.25, -0.2) is 12.2 Å². The Morgan fingerprint density at radius 1 is 0.909 bits per heavy atom. The van der Waals surface area contributed by atoms with Gasteiger partial charge in [0.25, 0.3) is 0 Å². The van der Waals surface area contributed by atoms with Gasteiger partial charge in [0.05, 0.1) is 0 Å². The molecule has 0 saturated carbocycles. The third-order valence-corrected chi connectivity index (χ3v) is 4.45. The van der Waals surface area contributed by atoms with Gasteiger partial charge in [-0.15, -0.1) is 6.42 Å². The van der Waals surface area contributed by atoms with Crippen LogP contribution in [0.5, 0.6) is 0 Å². The summed E-state index contributed by atoms with van der Waals surface area (Å²) in [6.07, 6.45) is 10.0. The molecule has 0 amide bonds. The van der Waals surface area contributed by atoms with E-state index in [0.717, 1.165) is 6.42 Å². The van der Waals surface area contributed by atoms with Crippen molar-refractivity contribution in [3.63, 3.8) is 0 Å². The predicted molar refractivity (Wildman–Crippen MR) is 81.4 cm³/mol. The normalized spacial score (nSPS) is 13.2. The van der Waals surface area contributed by atoms with E-state index in [2.05, 4.69) is 64.4 Å². The van der Waals surface area contributed by atoms with Crippen molar-refractivity contribution >= 4 is 3.71 Å². The standard InChI is InChI=1S/C14H10.C5H5.2ClH.Zr/c1-10-11-6-2-4-8-13(11)14-9-5-3-7-12(10)14;1-2-4-5-3-1;;;/h1-10H;1-3H,4H2;2*1H;/q;-1;;;+2/p-2. The van der Waals surface area contributed by atoms with E-state index in [9.17, 15) is 0 Å². The number of rotatable bonds is 1. The van der Waals surface area contributed by atoms with E-state index in [1.165, 1.54) is 46.5 Å². The molecule has 0 heterocycles. The zero-order chi connectivity index (χ0) is 13.8. The molecule has 2 aliphatic rings. The van der Waals surface area contributed by atoms with Crippen LogP contribution in [0.1, 0.15) is 23.5 Å². The van der Waals surface area contributed by atoms with Crippen molar-refractivity contribution < 1.29 is 49.0 Å². The summed E-state index contributed by atoms with van der Waals surface area (Å²) in [7, 11) is 0. The zero-order valence-corrected chi connectivity index (χ0v) is 15.9. The molecule has 0 bridgehead atoms. The van der Waals surface area contributed by atoms with Crippen LogP contribution in [0.3, 0.4) is 0 Å². The SMILES string of the molecule is [C-]1=CC=CC1.[Cl-].[Cl-].[Zr+2]=[CH]C1c2ccccc2-c2ccccc21. The number of halogens is 2. The van der Waals surface area contributed by atoms with E-state index in [4.69, 9.17) is 0 Å². The molecule has 4 rings (SSSR count). The Bertz CT molecular complexity index is 634. The van der Waals surface area contributed by atoms with Crippen molar-refractivity contribution in [2.45, 2.75) is 12.3 Å². The van der Waals surface area contributed by atoms with Crippen LogP contribution in [-0.2, 0) is 24.2 Å². The second kappa shape index (κ2) is 9.41. The van der Waals surface area contributed by atoms with Crippen LogP contribution in [-0.4, -0.2) is 3.71 Å². The number of hydrogen-bond acceptors (Lipinski definition) is 0. The van der Waals surface area contributed by atoms with Crippen molar-refractivity contribution in [2.75, 3.05) is 0 Å². The van der Waals surface area contributed by atoms with Crippen LogP contribution in [0.2, 0.25) is 0 Å². The third kappa shape index (κ3) is 3.96. The summed E-state index contributed by atoms with van der Waals surface area (Å²) in [6.45, 7) is 0. The van der Waals surface area contributed by atoms with Crippen LogP contribution >= 0.6 is 0 Å². The monoisotopic (exact) mass is 403 g/mol. The van der Waals surface area contributed by atoms with Gasteiger partial charge in [-0.3, -0.25) is 6.08 Å². The van der Waals surface area contributed by atoms with E-state index in [1.54, 1.807) is 0 Å². The van der Waals surface area contributed by atoms with Crippen LogP contribution < -0.4 is 24.8 Å². The fraction of sp³-hybridized carbons (Fsp3) is 0.105. The van der Waals surface area contributed by atoms with Crippen LogP contribution in [0.15, 0.2) is 66.8 Å². The molecular formula is C19H15Cl2Zr-. The first kappa shape index (κ1) is 19.3. The van der Waals surface area contributed by atoms with E-state index in [-0.39, 0.29) is 24.8 Å².